The quantitative estimate of drug-likeness (QED) is 0.609. The van der Waals surface area contributed by atoms with Crippen molar-refractivity contribution in [2.75, 3.05) is 13.2 Å². The van der Waals surface area contributed by atoms with E-state index in [1.165, 1.54) is 18.4 Å². The zero-order valence-corrected chi connectivity index (χ0v) is 7.62. The van der Waals surface area contributed by atoms with Crippen LogP contribution in [0.15, 0.2) is 23.8 Å². The second kappa shape index (κ2) is 3.44. The molecule has 1 nitrogen and oxygen atoms in total. The van der Waals surface area contributed by atoms with Gasteiger partial charge in [0.2, 0.25) is 0 Å². The normalized spacial score (nSPS) is 33.2. The summed E-state index contributed by atoms with van der Waals surface area (Å²) in [6, 6.07) is 0. The van der Waals surface area contributed by atoms with E-state index in [4.69, 9.17) is 4.74 Å². The van der Waals surface area contributed by atoms with Crippen LogP contribution in [0.1, 0.15) is 19.8 Å². The van der Waals surface area contributed by atoms with Gasteiger partial charge in [0.05, 0.1) is 13.2 Å². The molecule has 1 aliphatic carbocycles. The molecule has 1 aliphatic heterocycles. The second-order valence-corrected chi connectivity index (χ2v) is 3.70. The molecule has 2 aliphatic rings. The SMILES string of the molecule is CCC[C@H]1C=CC=C2COC[C@H]21. The highest BCUT2D eigenvalue weighted by molar-refractivity contribution is 5.25. The highest BCUT2D eigenvalue weighted by atomic mass is 16.5. The van der Waals surface area contributed by atoms with Crippen LogP contribution in [0.3, 0.4) is 0 Å². The highest BCUT2D eigenvalue weighted by Crippen LogP contribution is 2.33. The maximum Gasteiger partial charge on any atom is 0.0683 e. The number of fused-ring (bicyclic) bond motifs is 1. The van der Waals surface area contributed by atoms with E-state index in [1.807, 2.05) is 0 Å². The predicted octanol–water partition coefficient (Wildman–Crippen LogP) is 2.55. The minimum absolute atomic E-state index is 0.704. The number of hydrogen-bond acceptors (Lipinski definition) is 1. The maximum absolute atomic E-state index is 5.46. The van der Waals surface area contributed by atoms with E-state index in [9.17, 15) is 0 Å². The molecule has 0 spiro atoms. The first-order valence-electron chi connectivity index (χ1n) is 4.87. The van der Waals surface area contributed by atoms with Crippen LogP contribution in [0.4, 0.5) is 0 Å². The van der Waals surface area contributed by atoms with Crippen molar-refractivity contribution >= 4 is 0 Å². The van der Waals surface area contributed by atoms with Crippen LogP contribution in [0.25, 0.3) is 0 Å². The summed E-state index contributed by atoms with van der Waals surface area (Å²) in [6.07, 6.45) is 9.34. The summed E-state index contributed by atoms with van der Waals surface area (Å²) in [6.45, 7) is 4.07. The molecular formula is C11H16O. The van der Waals surface area contributed by atoms with E-state index in [-0.39, 0.29) is 0 Å². The number of rotatable bonds is 2. The first-order chi connectivity index (χ1) is 5.92. The molecule has 1 heterocycles. The lowest BCUT2D eigenvalue weighted by Crippen LogP contribution is -2.16. The van der Waals surface area contributed by atoms with Gasteiger partial charge in [0.15, 0.2) is 0 Å². The van der Waals surface area contributed by atoms with Gasteiger partial charge in [-0.25, -0.2) is 0 Å². The molecule has 1 fully saturated rings. The molecule has 0 bridgehead atoms. The molecule has 1 heteroatoms. The van der Waals surface area contributed by atoms with Gasteiger partial charge in [0, 0.05) is 5.92 Å². The molecular weight excluding hydrogens is 148 g/mol. The Bertz CT molecular complexity index is 215. The van der Waals surface area contributed by atoms with Crippen LogP contribution in [0.5, 0.6) is 0 Å². The minimum atomic E-state index is 0.704. The summed E-state index contributed by atoms with van der Waals surface area (Å²) in [5, 5.41) is 0. The van der Waals surface area contributed by atoms with Gasteiger partial charge in [-0.05, 0) is 17.9 Å². The van der Waals surface area contributed by atoms with Crippen molar-refractivity contribution in [2.24, 2.45) is 11.8 Å². The van der Waals surface area contributed by atoms with E-state index >= 15 is 0 Å². The van der Waals surface area contributed by atoms with Crippen molar-refractivity contribution in [1.82, 2.24) is 0 Å². The lowest BCUT2D eigenvalue weighted by Gasteiger charge is -2.22. The topological polar surface area (TPSA) is 9.23 Å². The lowest BCUT2D eigenvalue weighted by atomic mass is 9.82. The largest absolute Gasteiger partial charge is 0.376 e. The van der Waals surface area contributed by atoms with Crippen molar-refractivity contribution in [3.05, 3.63) is 23.8 Å². The Balaban J connectivity index is 2.08. The van der Waals surface area contributed by atoms with E-state index in [2.05, 4.69) is 25.2 Å². The summed E-state index contributed by atoms with van der Waals surface area (Å²) in [5.74, 6) is 1.45. The van der Waals surface area contributed by atoms with Crippen LogP contribution in [-0.2, 0) is 4.74 Å². The third-order valence-electron chi connectivity index (χ3n) is 2.85. The molecule has 1 saturated heterocycles. The average molecular weight is 164 g/mol. The Labute approximate surface area is 74.1 Å². The molecule has 66 valence electrons. The third-order valence-corrected chi connectivity index (χ3v) is 2.85. The first kappa shape index (κ1) is 8.06. The molecule has 0 aromatic rings. The Morgan fingerprint density at radius 3 is 3.33 bits per heavy atom. The average Bonchev–Trinajstić information content (AvgIpc) is 2.53. The zero-order chi connectivity index (χ0) is 8.39. The summed E-state index contributed by atoms with van der Waals surface area (Å²) >= 11 is 0. The zero-order valence-electron chi connectivity index (χ0n) is 7.62. The molecule has 0 radical (unpaired) electrons. The van der Waals surface area contributed by atoms with Gasteiger partial charge in [0.1, 0.15) is 0 Å². The van der Waals surface area contributed by atoms with E-state index < -0.39 is 0 Å². The Morgan fingerprint density at radius 1 is 1.58 bits per heavy atom. The number of hydrogen-bond donors (Lipinski definition) is 0. The van der Waals surface area contributed by atoms with E-state index in [0.29, 0.717) is 5.92 Å². The van der Waals surface area contributed by atoms with Crippen LogP contribution >= 0.6 is 0 Å². The predicted molar refractivity (Wildman–Crippen MR) is 49.9 cm³/mol. The Hall–Kier alpha value is -0.560. The minimum Gasteiger partial charge on any atom is -0.376 e. The van der Waals surface area contributed by atoms with Crippen LogP contribution in [0.2, 0.25) is 0 Å². The smallest absolute Gasteiger partial charge is 0.0683 e. The molecule has 2 atom stereocenters. The van der Waals surface area contributed by atoms with E-state index in [0.717, 1.165) is 19.1 Å². The van der Waals surface area contributed by atoms with Crippen molar-refractivity contribution in [3.63, 3.8) is 0 Å². The Morgan fingerprint density at radius 2 is 2.50 bits per heavy atom. The van der Waals surface area contributed by atoms with E-state index in [1.54, 1.807) is 0 Å². The fraction of sp³-hybridized carbons (Fsp3) is 0.636. The fourth-order valence-electron chi connectivity index (χ4n) is 2.17. The van der Waals surface area contributed by atoms with Crippen molar-refractivity contribution in [3.8, 4) is 0 Å². The first-order valence-corrected chi connectivity index (χ1v) is 4.87. The van der Waals surface area contributed by atoms with Crippen LogP contribution in [-0.4, -0.2) is 13.2 Å². The highest BCUT2D eigenvalue weighted by Gasteiger charge is 2.28. The standard InChI is InChI=1S/C11H16O/c1-2-4-9-5-3-6-10-7-12-8-11(9)10/h3,5-6,9,11H,2,4,7-8H2,1H3/t9-,11-/m0/s1. The molecule has 0 aromatic carbocycles. The van der Waals surface area contributed by atoms with Crippen molar-refractivity contribution in [1.29, 1.82) is 0 Å². The monoisotopic (exact) mass is 164 g/mol. The van der Waals surface area contributed by atoms with Gasteiger partial charge >= 0.3 is 0 Å². The van der Waals surface area contributed by atoms with Crippen molar-refractivity contribution in [2.45, 2.75) is 19.8 Å². The molecule has 12 heavy (non-hydrogen) atoms. The van der Waals surface area contributed by atoms with Crippen LogP contribution in [0, 0.1) is 11.8 Å². The van der Waals surface area contributed by atoms with Crippen molar-refractivity contribution < 1.29 is 4.74 Å². The molecule has 0 N–H and O–H groups in total. The second-order valence-electron chi connectivity index (χ2n) is 3.70. The van der Waals surface area contributed by atoms with Crippen LogP contribution < -0.4 is 0 Å². The van der Waals surface area contributed by atoms with Gasteiger partial charge in [-0.3, -0.25) is 0 Å². The number of allylic oxidation sites excluding steroid dienone is 3. The third kappa shape index (κ3) is 1.34. The molecule has 0 unspecified atom stereocenters. The summed E-state index contributed by atoms with van der Waals surface area (Å²) in [5.41, 5.74) is 1.51. The van der Waals surface area contributed by atoms with Gasteiger partial charge in [0.25, 0.3) is 0 Å². The molecule has 2 rings (SSSR count). The van der Waals surface area contributed by atoms with Gasteiger partial charge in [-0.2, -0.15) is 0 Å². The summed E-state index contributed by atoms with van der Waals surface area (Å²) in [7, 11) is 0. The summed E-state index contributed by atoms with van der Waals surface area (Å²) < 4.78 is 5.46. The van der Waals surface area contributed by atoms with Gasteiger partial charge in [-0.1, -0.05) is 31.6 Å². The van der Waals surface area contributed by atoms with Gasteiger partial charge in [-0.15, -0.1) is 0 Å². The number of ether oxygens (including phenoxy) is 1. The summed E-state index contributed by atoms with van der Waals surface area (Å²) in [4.78, 5) is 0. The molecule has 0 saturated carbocycles. The maximum atomic E-state index is 5.46. The van der Waals surface area contributed by atoms with Gasteiger partial charge < -0.3 is 4.74 Å². The lowest BCUT2D eigenvalue weighted by molar-refractivity contribution is 0.177. The fourth-order valence-corrected chi connectivity index (χ4v) is 2.17. The molecule has 0 aromatic heterocycles. The Kier molecular flexibility index (Phi) is 2.31. The molecule has 0 amide bonds.